The molecular formula is C19H25BrFN3O3. The minimum absolute atomic E-state index is 0.120. The maximum absolute atomic E-state index is 14.4. The molecule has 1 fully saturated rings. The molecule has 6 nitrogen and oxygen atoms in total. The summed E-state index contributed by atoms with van der Waals surface area (Å²) in [6.07, 6.45) is 1.05. The van der Waals surface area contributed by atoms with Crippen molar-refractivity contribution in [1.82, 2.24) is 9.80 Å². The molecule has 0 aliphatic carbocycles. The molecule has 0 spiro atoms. The van der Waals surface area contributed by atoms with Gasteiger partial charge in [-0.1, -0.05) is 15.9 Å². The van der Waals surface area contributed by atoms with Crippen molar-refractivity contribution in [2.24, 2.45) is 4.99 Å². The summed E-state index contributed by atoms with van der Waals surface area (Å²) in [5, 5.41) is 0. The summed E-state index contributed by atoms with van der Waals surface area (Å²) >= 11 is 3.19. The minimum atomic E-state index is -0.663. The minimum Gasteiger partial charge on any atom is -0.444 e. The average Bonchev–Trinajstić information content (AvgIpc) is 2.58. The van der Waals surface area contributed by atoms with Gasteiger partial charge in [0.25, 0.3) is 5.91 Å². The molecule has 0 bridgehead atoms. The molecule has 1 heterocycles. The summed E-state index contributed by atoms with van der Waals surface area (Å²) in [7, 11) is 1.61. The molecule has 148 valence electrons. The second kappa shape index (κ2) is 8.37. The Morgan fingerprint density at radius 1 is 1.41 bits per heavy atom. The lowest BCUT2D eigenvalue weighted by Crippen LogP contribution is -2.51. The number of piperidine rings is 1. The first-order valence-corrected chi connectivity index (χ1v) is 9.53. The zero-order valence-corrected chi connectivity index (χ0v) is 17.7. The number of carbonyl (C=O) groups excluding carboxylic acids is 2. The van der Waals surface area contributed by atoms with E-state index in [1.54, 1.807) is 18.0 Å². The quantitative estimate of drug-likeness (QED) is 0.653. The number of likely N-dealkylation sites (tertiary alicyclic amines) is 1. The van der Waals surface area contributed by atoms with Gasteiger partial charge in [-0.2, -0.15) is 0 Å². The third-order valence-electron chi connectivity index (χ3n) is 4.33. The van der Waals surface area contributed by atoms with Gasteiger partial charge in [0.2, 0.25) is 0 Å². The van der Waals surface area contributed by atoms with Gasteiger partial charge in [-0.3, -0.25) is 9.79 Å². The molecule has 1 aromatic carbocycles. The number of nitrogens with zero attached hydrogens (tertiary/aromatic N) is 3. The molecule has 0 aromatic heterocycles. The number of hydrogen-bond donors (Lipinski definition) is 0. The van der Waals surface area contributed by atoms with Crippen LogP contribution in [0.25, 0.3) is 0 Å². The van der Waals surface area contributed by atoms with Gasteiger partial charge in [0.05, 0.1) is 5.69 Å². The Labute approximate surface area is 167 Å². The predicted molar refractivity (Wildman–Crippen MR) is 106 cm³/mol. The van der Waals surface area contributed by atoms with Crippen LogP contribution in [0.2, 0.25) is 0 Å². The summed E-state index contributed by atoms with van der Waals surface area (Å²) in [6, 6.07) is 2.54. The lowest BCUT2D eigenvalue weighted by molar-refractivity contribution is 0.0122. The molecule has 0 radical (unpaired) electrons. The summed E-state index contributed by atoms with van der Waals surface area (Å²) in [5.41, 5.74) is -0.528. The lowest BCUT2D eigenvalue weighted by Gasteiger charge is -2.38. The number of carbonyl (C=O) groups is 2. The monoisotopic (exact) mass is 441 g/mol. The third-order valence-corrected chi connectivity index (χ3v) is 4.79. The normalized spacial score (nSPS) is 17.4. The van der Waals surface area contributed by atoms with Crippen LogP contribution in [0.1, 0.15) is 44.0 Å². The number of halogens is 2. The highest BCUT2D eigenvalue weighted by Gasteiger charge is 2.32. The lowest BCUT2D eigenvalue weighted by atomic mass is 10.0. The van der Waals surface area contributed by atoms with E-state index in [1.165, 1.54) is 11.0 Å². The Kier molecular flexibility index (Phi) is 6.62. The molecule has 8 heteroatoms. The number of rotatable bonds is 3. The van der Waals surface area contributed by atoms with Gasteiger partial charge < -0.3 is 14.5 Å². The molecule has 1 unspecified atom stereocenters. The first kappa shape index (κ1) is 21.3. The van der Waals surface area contributed by atoms with Gasteiger partial charge in [-0.05, 0) is 52.5 Å². The Balaban J connectivity index is 2.17. The fourth-order valence-electron chi connectivity index (χ4n) is 3.00. The molecule has 27 heavy (non-hydrogen) atoms. The van der Waals surface area contributed by atoms with Gasteiger partial charge in [0.1, 0.15) is 17.0 Å². The van der Waals surface area contributed by atoms with E-state index in [0.717, 1.165) is 12.8 Å². The number of benzene rings is 1. The number of ether oxygens (including phenoxy) is 1. The van der Waals surface area contributed by atoms with E-state index in [4.69, 9.17) is 4.74 Å². The van der Waals surface area contributed by atoms with E-state index in [-0.39, 0.29) is 17.3 Å². The highest BCUT2D eigenvalue weighted by Crippen LogP contribution is 2.29. The first-order chi connectivity index (χ1) is 12.5. The van der Waals surface area contributed by atoms with E-state index < -0.39 is 23.4 Å². The van der Waals surface area contributed by atoms with Crippen LogP contribution in [0, 0.1) is 5.82 Å². The number of likely N-dealkylation sites (N-methyl/N-ethyl adjacent to an activating group) is 1. The van der Waals surface area contributed by atoms with Gasteiger partial charge in [-0.15, -0.1) is 0 Å². The summed E-state index contributed by atoms with van der Waals surface area (Å²) in [6.45, 7) is 9.75. The number of amides is 2. The zero-order chi connectivity index (χ0) is 20.4. The van der Waals surface area contributed by atoms with E-state index in [0.29, 0.717) is 17.6 Å². The zero-order valence-electron chi connectivity index (χ0n) is 16.1. The molecule has 1 aliphatic heterocycles. The highest BCUT2D eigenvalue weighted by molar-refractivity contribution is 9.10. The SMILES string of the molecule is C=Nc1cc(Br)cc(F)c1C(=O)N(C)C1CCCN(C(=O)OC(C)(C)C)C1. The maximum atomic E-state index is 14.4. The molecule has 1 aliphatic rings. The Hall–Kier alpha value is -1.96. The molecule has 0 saturated carbocycles. The Bertz CT molecular complexity index is 748. The van der Waals surface area contributed by atoms with Gasteiger partial charge in [0.15, 0.2) is 0 Å². The summed E-state index contributed by atoms with van der Waals surface area (Å²) < 4.78 is 20.3. The second-order valence-electron chi connectivity index (χ2n) is 7.58. The van der Waals surface area contributed by atoms with Crippen LogP contribution in [0.5, 0.6) is 0 Å². The Morgan fingerprint density at radius 2 is 2.07 bits per heavy atom. The van der Waals surface area contributed by atoms with Crippen LogP contribution in [-0.4, -0.2) is 60.3 Å². The predicted octanol–water partition coefficient (Wildman–Crippen LogP) is 4.39. The van der Waals surface area contributed by atoms with Crippen LogP contribution in [0.4, 0.5) is 14.9 Å². The molecule has 1 saturated heterocycles. The third kappa shape index (κ3) is 5.28. The number of hydrogen-bond acceptors (Lipinski definition) is 4. The first-order valence-electron chi connectivity index (χ1n) is 8.74. The van der Waals surface area contributed by atoms with Crippen LogP contribution in [0.3, 0.4) is 0 Å². The molecule has 1 atom stereocenters. The van der Waals surface area contributed by atoms with E-state index in [1.807, 2.05) is 20.8 Å². The van der Waals surface area contributed by atoms with Crippen LogP contribution in [-0.2, 0) is 4.74 Å². The highest BCUT2D eigenvalue weighted by atomic mass is 79.9. The van der Waals surface area contributed by atoms with Crippen molar-refractivity contribution in [3.05, 3.63) is 28.0 Å². The van der Waals surface area contributed by atoms with Crippen molar-refractivity contribution in [3.63, 3.8) is 0 Å². The summed E-state index contributed by atoms with van der Waals surface area (Å²) in [4.78, 5) is 32.1. The van der Waals surface area contributed by atoms with Crippen molar-refractivity contribution in [2.75, 3.05) is 20.1 Å². The average molecular weight is 442 g/mol. The van der Waals surface area contributed by atoms with Crippen molar-refractivity contribution >= 4 is 40.3 Å². The van der Waals surface area contributed by atoms with Crippen molar-refractivity contribution in [1.29, 1.82) is 0 Å². The van der Waals surface area contributed by atoms with E-state index >= 15 is 0 Å². The van der Waals surface area contributed by atoms with Crippen LogP contribution >= 0.6 is 15.9 Å². The smallest absolute Gasteiger partial charge is 0.410 e. The topological polar surface area (TPSA) is 62.2 Å². The van der Waals surface area contributed by atoms with Crippen molar-refractivity contribution < 1.29 is 18.7 Å². The largest absolute Gasteiger partial charge is 0.444 e. The summed E-state index contributed by atoms with van der Waals surface area (Å²) in [5.74, 6) is -1.15. The Morgan fingerprint density at radius 3 is 2.67 bits per heavy atom. The molecule has 1 aromatic rings. The fraction of sp³-hybridized carbons (Fsp3) is 0.526. The van der Waals surface area contributed by atoms with Crippen LogP contribution in [0.15, 0.2) is 21.6 Å². The fourth-order valence-corrected chi connectivity index (χ4v) is 3.42. The number of aliphatic imine (C=N–C) groups is 1. The van der Waals surface area contributed by atoms with Crippen molar-refractivity contribution in [3.8, 4) is 0 Å². The molecule has 2 rings (SSSR count). The van der Waals surface area contributed by atoms with E-state index in [9.17, 15) is 14.0 Å². The van der Waals surface area contributed by atoms with Crippen LogP contribution < -0.4 is 0 Å². The molecule has 0 N–H and O–H groups in total. The van der Waals surface area contributed by atoms with Gasteiger partial charge in [-0.25, -0.2) is 9.18 Å². The van der Waals surface area contributed by atoms with Crippen molar-refractivity contribution in [2.45, 2.75) is 45.3 Å². The second-order valence-corrected chi connectivity index (χ2v) is 8.49. The van der Waals surface area contributed by atoms with E-state index in [2.05, 4.69) is 27.6 Å². The molecular weight excluding hydrogens is 417 g/mol. The standard InChI is InChI=1S/C19H25BrFN3O3/c1-19(2,3)27-18(26)24-8-6-7-13(11-24)23(5)17(25)16-14(21)9-12(20)10-15(16)22-4/h9-10,13H,4,6-8,11H2,1-3,5H3. The molecule has 2 amide bonds. The van der Waals surface area contributed by atoms with Gasteiger partial charge >= 0.3 is 6.09 Å². The van der Waals surface area contributed by atoms with Gasteiger partial charge in [0, 0.05) is 30.7 Å². The maximum Gasteiger partial charge on any atom is 0.410 e.